The van der Waals surface area contributed by atoms with Gasteiger partial charge >= 0.3 is 12.4 Å². The number of nitrogens with zero attached hydrogens (tertiary/aromatic N) is 2. The first-order valence-corrected chi connectivity index (χ1v) is 22.7. The van der Waals surface area contributed by atoms with Gasteiger partial charge in [0.05, 0.1) is 33.9 Å². The van der Waals surface area contributed by atoms with Crippen LogP contribution < -0.4 is 5.30 Å². The molecular weight excluding hydrogens is 802 g/mol. The van der Waals surface area contributed by atoms with Crippen LogP contribution in [0.3, 0.4) is 0 Å². The molecule has 0 saturated heterocycles. The van der Waals surface area contributed by atoms with Crippen LogP contribution in [0.1, 0.15) is 79.0 Å². The molecule has 5 aliphatic rings. The van der Waals surface area contributed by atoms with E-state index < -0.39 is 40.3 Å². The number of alkyl halides is 6. The molecule has 0 radical (unpaired) electrons. The molecule has 294 valence electrons. The molecule has 4 aromatic rings. The predicted molar refractivity (Wildman–Crippen MR) is 228 cm³/mol. The van der Waals surface area contributed by atoms with Crippen molar-refractivity contribution in [3.8, 4) is 0 Å². The first kappa shape index (κ1) is 38.9. The van der Waals surface area contributed by atoms with Crippen LogP contribution in [0.4, 0.5) is 26.3 Å². The highest BCUT2D eigenvalue weighted by molar-refractivity contribution is 8.22. The van der Waals surface area contributed by atoms with E-state index in [1.54, 1.807) is 0 Å². The van der Waals surface area contributed by atoms with Crippen molar-refractivity contribution in [2.75, 3.05) is 0 Å². The number of hydrogen-bond donors (Lipinski definition) is 0. The second-order valence-corrected chi connectivity index (χ2v) is 21.6. The quantitative estimate of drug-likeness (QED) is 0.149. The number of hydrogen-bond acceptors (Lipinski definition) is 4. The van der Waals surface area contributed by atoms with Crippen molar-refractivity contribution in [1.82, 2.24) is 0 Å². The summed E-state index contributed by atoms with van der Waals surface area (Å²) in [6, 6.07) is 21.6. The Hall–Kier alpha value is -4.63. The molecule has 58 heavy (non-hydrogen) atoms. The molecule has 1 saturated carbocycles. The van der Waals surface area contributed by atoms with E-state index in [1.807, 2.05) is 54.6 Å². The van der Waals surface area contributed by atoms with E-state index >= 15 is 0 Å². The average molecular weight is 839 g/mol. The number of fused-ring (bicyclic) bond motifs is 7. The van der Waals surface area contributed by atoms with E-state index in [0.29, 0.717) is 33.7 Å². The number of thiophene rings is 1. The van der Waals surface area contributed by atoms with Crippen LogP contribution in [0.5, 0.6) is 0 Å². The highest BCUT2D eigenvalue weighted by atomic mass is 32.4. The lowest BCUT2D eigenvalue weighted by molar-refractivity contribution is -0.138. The maximum atomic E-state index is 13.8. The minimum absolute atomic E-state index is 0.552. The maximum Gasteiger partial charge on any atom is 0.416 e. The highest BCUT2D eigenvalue weighted by Crippen LogP contribution is 2.77. The monoisotopic (exact) mass is 838 g/mol. The molecule has 0 atom stereocenters. The molecule has 1 aromatic heterocycles. The van der Waals surface area contributed by atoms with Crippen LogP contribution >= 0.6 is 17.4 Å². The zero-order chi connectivity index (χ0) is 41.0. The third-order valence-electron chi connectivity index (χ3n) is 11.9. The van der Waals surface area contributed by atoms with Crippen LogP contribution in [0.15, 0.2) is 158 Å². The van der Waals surface area contributed by atoms with Crippen molar-refractivity contribution >= 4 is 57.1 Å². The second-order valence-electron chi connectivity index (χ2n) is 16.2. The second kappa shape index (κ2) is 13.4. The fourth-order valence-electron chi connectivity index (χ4n) is 9.23. The van der Waals surface area contributed by atoms with E-state index in [9.17, 15) is 26.3 Å². The Bertz CT molecular complexity index is 2550. The highest BCUT2D eigenvalue weighted by Gasteiger charge is 2.53. The molecule has 1 fully saturated rings. The SMILES string of the molecule is CC1(C)C2=N/C(=C(/c3ccc(C(F)(F)F)cc3)c3ccc(s3)/C(c3ccc(C(F)(F)F)cc3)=C3/C=CC(=N3)C(C)(C)C3=C4CCCC4=C1P3(=S)c1ccccc1)C=C2. The predicted octanol–water partition coefficient (Wildman–Crippen LogP) is 13.9. The zero-order valence-electron chi connectivity index (χ0n) is 32.0. The molecular formula is C47H37F6N2PS2. The van der Waals surface area contributed by atoms with Crippen LogP contribution in [-0.4, -0.2) is 11.4 Å². The zero-order valence-corrected chi connectivity index (χ0v) is 34.5. The van der Waals surface area contributed by atoms with E-state index in [-0.39, 0.29) is 0 Å². The normalized spacial score (nSPS) is 23.1. The van der Waals surface area contributed by atoms with Gasteiger partial charge in [-0.05, 0) is 118 Å². The fraction of sp³-hybridized carbons (Fsp3) is 0.234. The Kier molecular flexibility index (Phi) is 9.01. The summed E-state index contributed by atoms with van der Waals surface area (Å²) in [5.41, 5.74) is 5.08. The van der Waals surface area contributed by atoms with Gasteiger partial charge in [-0.25, -0.2) is 0 Å². The van der Waals surface area contributed by atoms with Gasteiger partial charge in [0.1, 0.15) is 0 Å². The molecule has 0 spiro atoms. The third kappa shape index (κ3) is 6.08. The Morgan fingerprint density at radius 1 is 0.569 bits per heavy atom. The molecule has 8 bridgehead atoms. The Morgan fingerprint density at radius 2 is 0.983 bits per heavy atom. The summed E-state index contributed by atoms with van der Waals surface area (Å²) in [6.45, 7) is 8.80. The van der Waals surface area contributed by atoms with Crippen molar-refractivity contribution in [2.45, 2.75) is 59.3 Å². The van der Waals surface area contributed by atoms with Gasteiger partial charge in [-0.1, -0.05) is 94.1 Å². The molecule has 2 nitrogen and oxygen atoms in total. The van der Waals surface area contributed by atoms with Gasteiger partial charge in [0.2, 0.25) is 0 Å². The summed E-state index contributed by atoms with van der Waals surface area (Å²) in [5, 5.41) is 3.52. The fourth-order valence-corrected chi connectivity index (χ4v) is 17.2. The minimum atomic E-state index is -4.51. The molecule has 0 N–H and O–H groups in total. The first-order chi connectivity index (χ1) is 27.4. The molecule has 0 unspecified atom stereocenters. The van der Waals surface area contributed by atoms with Crippen molar-refractivity contribution in [3.63, 3.8) is 0 Å². The van der Waals surface area contributed by atoms with Gasteiger partial charge in [0, 0.05) is 37.8 Å². The van der Waals surface area contributed by atoms with Gasteiger partial charge in [-0.3, -0.25) is 9.98 Å². The summed E-state index contributed by atoms with van der Waals surface area (Å²) < 4.78 is 82.7. The number of halogens is 6. The minimum Gasteiger partial charge on any atom is -0.252 e. The molecule has 5 heterocycles. The summed E-state index contributed by atoms with van der Waals surface area (Å²) in [6.07, 6.45) is 1.66. The van der Waals surface area contributed by atoms with E-state index in [1.165, 1.54) is 57.4 Å². The Morgan fingerprint density at radius 3 is 1.38 bits per heavy atom. The summed E-state index contributed by atoms with van der Waals surface area (Å²) in [5.74, 6) is 0. The lowest BCUT2D eigenvalue weighted by atomic mass is 9.81. The van der Waals surface area contributed by atoms with Crippen molar-refractivity contribution in [3.05, 3.63) is 180 Å². The van der Waals surface area contributed by atoms with E-state index in [4.69, 9.17) is 21.8 Å². The van der Waals surface area contributed by atoms with Crippen LogP contribution in [0.25, 0.3) is 11.1 Å². The molecule has 4 aliphatic heterocycles. The largest absolute Gasteiger partial charge is 0.416 e. The van der Waals surface area contributed by atoms with Crippen molar-refractivity contribution in [1.29, 1.82) is 0 Å². The maximum absolute atomic E-state index is 13.8. The smallest absolute Gasteiger partial charge is 0.252 e. The number of allylic oxidation sites excluding steroid dienone is 8. The Labute approximate surface area is 342 Å². The number of aliphatic imine (C=N–C) groups is 2. The molecule has 11 heteroatoms. The molecule has 9 rings (SSSR count). The van der Waals surface area contributed by atoms with Gasteiger partial charge in [0.15, 0.2) is 0 Å². The topological polar surface area (TPSA) is 24.7 Å². The third-order valence-corrected chi connectivity index (χ3v) is 18.7. The van der Waals surface area contributed by atoms with Crippen LogP contribution in [0, 0.1) is 10.8 Å². The standard InChI is InChI=1S/C47H37F6N2PS2/c1-44(2)38-25-21-34(54-38)40(27-13-17-29(18-14-27)46(48,49)50)36-23-24-37(58-36)41(28-15-19-30(20-16-28)47(51,52)53)35-22-26-39(55-35)45(3,4)43-33-12-8-11-32(33)42(44)56(43,57)31-9-6-5-7-10-31/h5-7,9-10,13-26H,8,11-12H2,1-4H3/b40-34-,41-35-. The first-order valence-electron chi connectivity index (χ1n) is 19.0. The van der Waals surface area contributed by atoms with Gasteiger partial charge in [-0.2, -0.15) is 26.3 Å². The summed E-state index contributed by atoms with van der Waals surface area (Å²) >= 11 is 8.58. The lowest BCUT2D eigenvalue weighted by Gasteiger charge is -2.40. The van der Waals surface area contributed by atoms with Gasteiger partial charge in [-0.15, -0.1) is 11.3 Å². The summed E-state index contributed by atoms with van der Waals surface area (Å²) in [4.78, 5) is 12.2. The molecule has 1 aliphatic carbocycles. The van der Waals surface area contributed by atoms with Crippen molar-refractivity contribution < 1.29 is 26.3 Å². The number of rotatable bonds is 3. The van der Waals surface area contributed by atoms with Crippen LogP contribution in [0.2, 0.25) is 0 Å². The van der Waals surface area contributed by atoms with Gasteiger partial charge < -0.3 is 0 Å². The molecule has 0 amide bonds. The van der Waals surface area contributed by atoms with E-state index in [0.717, 1.165) is 70.0 Å². The Balaban J connectivity index is 1.36. The van der Waals surface area contributed by atoms with Crippen molar-refractivity contribution in [2.24, 2.45) is 20.8 Å². The average Bonchev–Trinajstić information content (AvgIpc) is 4.02. The lowest BCUT2D eigenvalue weighted by Crippen LogP contribution is -2.30. The number of benzene rings is 3. The van der Waals surface area contributed by atoms with Gasteiger partial charge in [0.25, 0.3) is 0 Å². The van der Waals surface area contributed by atoms with Crippen LogP contribution in [-0.2, 0) is 24.2 Å². The molecule has 3 aromatic carbocycles. The summed E-state index contributed by atoms with van der Waals surface area (Å²) in [7, 11) is 0. The van der Waals surface area contributed by atoms with E-state index in [2.05, 4.69) is 39.8 Å².